The summed E-state index contributed by atoms with van der Waals surface area (Å²) in [6.45, 7) is 6.57. The summed E-state index contributed by atoms with van der Waals surface area (Å²) in [7, 11) is 0. The molecule has 1 saturated carbocycles. The number of benzene rings is 1. The number of carbonyl (C=O) groups excluding carboxylic acids is 1. The van der Waals surface area contributed by atoms with E-state index < -0.39 is 11.2 Å². The van der Waals surface area contributed by atoms with Gasteiger partial charge in [-0.1, -0.05) is 83.1 Å². The third-order valence-corrected chi connectivity index (χ3v) is 8.28. The number of carbonyl (C=O) groups is 1. The van der Waals surface area contributed by atoms with Crippen LogP contribution in [0.5, 0.6) is 5.75 Å². The average molecular weight is 543 g/mol. The Kier molecular flexibility index (Phi) is 10.4. The van der Waals surface area contributed by atoms with Crippen LogP contribution in [0.25, 0.3) is 6.08 Å². The van der Waals surface area contributed by atoms with Gasteiger partial charge < -0.3 is 14.4 Å². The van der Waals surface area contributed by atoms with Crippen LogP contribution in [0.4, 0.5) is 5.69 Å². The third-order valence-electron chi connectivity index (χ3n) is 6.90. The van der Waals surface area contributed by atoms with Gasteiger partial charge in [0.25, 0.3) is 5.91 Å². The largest absolute Gasteiger partial charge is 0.502 e. The highest BCUT2D eigenvalue weighted by molar-refractivity contribution is 8.26. The van der Waals surface area contributed by atoms with Crippen molar-refractivity contribution in [3.05, 3.63) is 63.0 Å². The van der Waals surface area contributed by atoms with E-state index in [-0.39, 0.29) is 25.6 Å². The van der Waals surface area contributed by atoms with Gasteiger partial charge in [-0.2, -0.15) is 0 Å². The second-order valence-electron chi connectivity index (χ2n) is 9.70. The normalized spacial score (nSPS) is 22.3. The fourth-order valence-electron chi connectivity index (χ4n) is 5.09. The lowest BCUT2D eigenvalue weighted by molar-refractivity contribution is -0.122. The number of nitrogens with zero attached hydrogens (tertiary/aromatic N) is 2. The zero-order chi connectivity index (χ0) is 25.7. The Morgan fingerprint density at radius 1 is 1.11 bits per heavy atom. The van der Waals surface area contributed by atoms with Crippen molar-refractivity contribution in [3.8, 4) is 5.75 Å². The van der Waals surface area contributed by atoms with Gasteiger partial charge in [0.1, 0.15) is 16.3 Å². The van der Waals surface area contributed by atoms with Gasteiger partial charge in [0.05, 0.1) is 11.4 Å². The van der Waals surface area contributed by atoms with Crippen LogP contribution in [0.3, 0.4) is 0 Å². The molecule has 3 heterocycles. The first-order valence-corrected chi connectivity index (χ1v) is 14.0. The van der Waals surface area contributed by atoms with E-state index in [9.17, 15) is 14.7 Å². The second kappa shape index (κ2) is 13.3. The number of aromatic hydroxyl groups is 1. The molecule has 6 nitrogen and oxygen atoms in total. The van der Waals surface area contributed by atoms with Gasteiger partial charge in [0.2, 0.25) is 5.43 Å². The molecule has 0 bridgehead atoms. The SMILES string of the molecule is C.CCC.O=C1/C(=C/c2ccc(N3CCC4CCCCC4C3)cc2)SC(=S)N1Cc1cc(=O)c(O)co1. The summed E-state index contributed by atoms with van der Waals surface area (Å²) in [5, 5.41) is 9.34. The summed E-state index contributed by atoms with van der Waals surface area (Å²) in [6.07, 6.45) is 10.9. The maximum Gasteiger partial charge on any atom is 0.266 e. The van der Waals surface area contributed by atoms with Crippen LogP contribution in [0.1, 0.15) is 71.1 Å². The number of anilines is 1. The molecule has 1 aromatic heterocycles. The summed E-state index contributed by atoms with van der Waals surface area (Å²) < 4.78 is 5.63. The molecular weight excluding hydrogens is 504 g/mol. The van der Waals surface area contributed by atoms with Crippen molar-refractivity contribution in [1.29, 1.82) is 0 Å². The smallest absolute Gasteiger partial charge is 0.266 e. The van der Waals surface area contributed by atoms with Crippen LogP contribution in [0, 0.1) is 11.8 Å². The fraction of sp³-hybridized carbons (Fsp3) is 0.483. The fourth-order valence-corrected chi connectivity index (χ4v) is 6.34. The van der Waals surface area contributed by atoms with Crippen molar-refractivity contribution >= 4 is 46.0 Å². The zero-order valence-corrected chi connectivity index (χ0v) is 22.6. The van der Waals surface area contributed by atoms with E-state index in [0.717, 1.165) is 36.8 Å². The first-order valence-electron chi connectivity index (χ1n) is 12.8. The standard InChI is InChI=1S/C25H26N2O4S2.C3H8.CH4/c28-21-12-20(31-15-22(21)29)14-27-24(30)23(33-25(27)32)11-16-5-7-19(8-6-16)26-10-9-17-3-1-2-4-18(17)13-26;1-3-2;/h5-8,11-12,15,17-18,29H,1-4,9-10,13-14H2;3H2,1-2H3;1H4/b23-11-;;. The van der Waals surface area contributed by atoms with Crippen LogP contribution in [-0.2, 0) is 11.3 Å². The highest BCUT2D eigenvalue weighted by atomic mass is 32.2. The number of fused-ring (bicyclic) bond motifs is 1. The molecule has 1 amide bonds. The van der Waals surface area contributed by atoms with Gasteiger partial charge in [-0.25, -0.2) is 0 Å². The second-order valence-corrected chi connectivity index (χ2v) is 11.4. The Balaban J connectivity index is 0.000000908. The van der Waals surface area contributed by atoms with Gasteiger partial charge in [-0.3, -0.25) is 14.5 Å². The molecule has 5 rings (SSSR count). The number of amides is 1. The van der Waals surface area contributed by atoms with Crippen LogP contribution in [0.2, 0.25) is 0 Å². The Morgan fingerprint density at radius 3 is 2.46 bits per heavy atom. The molecule has 1 aliphatic carbocycles. The molecule has 0 spiro atoms. The van der Waals surface area contributed by atoms with Crippen molar-refractivity contribution in [2.75, 3.05) is 18.0 Å². The van der Waals surface area contributed by atoms with Crippen molar-refractivity contribution in [3.63, 3.8) is 0 Å². The highest BCUT2D eigenvalue weighted by Crippen LogP contribution is 2.38. The third kappa shape index (κ3) is 7.05. The van der Waals surface area contributed by atoms with Crippen molar-refractivity contribution in [2.24, 2.45) is 11.8 Å². The Hall–Kier alpha value is -2.58. The van der Waals surface area contributed by atoms with Gasteiger partial charge in [-0.15, -0.1) is 0 Å². The van der Waals surface area contributed by atoms with Gasteiger partial charge in [0, 0.05) is 24.8 Å². The maximum atomic E-state index is 12.9. The molecular formula is C29H38N2O4S2. The number of thioether (sulfide) groups is 1. The summed E-state index contributed by atoms with van der Waals surface area (Å²) in [5.41, 5.74) is 1.64. The van der Waals surface area contributed by atoms with E-state index in [1.165, 1.54) is 66.9 Å². The minimum atomic E-state index is -0.551. The number of hydrogen-bond donors (Lipinski definition) is 1. The number of rotatable bonds is 4. The molecule has 1 aromatic carbocycles. The van der Waals surface area contributed by atoms with E-state index in [2.05, 4.69) is 30.9 Å². The van der Waals surface area contributed by atoms with E-state index >= 15 is 0 Å². The monoisotopic (exact) mass is 542 g/mol. The minimum absolute atomic E-state index is 0. The molecule has 3 fully saturated rings. The highest BCUT2D eigenvalue weighted by Gasteiger charge is 2.33. The lowest BCUT2D eigenvalue weighted by Gasteiger charge is -2.42. The lowest BCUT2D eigenvalue weighted by Crippen LogP contribution is -2.41. The number of piperidine rings is 1. The average Bonchev–Trinajstić information content (AvgIpc) is 3.14. The molecule has 1 N–H and O–H groups in total. The molecule has 2 aliphatic heterocycles. The molecule has 200 valence electrons. The molecule has 2 atom stereocenters. The molecule has 8 heteroatoms. The molecule has 3 aliphatic rings. The molecule has 37 heavy (non-hydrogen) atoms. The molecule has 2 aromatic rings. The van der Waals surface area contributed by atoms with Crippen molar-refractivity contribution < 1.29 is 14.3 Å². The minimum Gasteiger partial charge on any atom is -0.502 e. The van der Waals surface area contributed by atoms with Gasteiger partial charge in [0.15, 0.2) is 5.75 Å². The van der Waals surface area contributed by atoms with Crippen LogP contribution in [-0.4, -0.2) is 33.3 Å². The zero-order valence-electron chi connectivity index (χ0n) is 20.9. The lowest BCUT2D eigenvalue weighted by atomic mass is 9.75. The topological polar surface area (TPSA) is 74.0 Å². The van der Waals surface area contributed by atoms with E-state index in [0.29, 0.717) is 9.23 Å². The van der Waals surface area contributed by atoms with Crippen LogP contribution >= 0.6 is 24.0 Å². The first-order chi connectivity index (χ1) is 17.4. The predicted octanol–water partition coefficient (Wildman–Crippen LogP) is 6.82. The van der Waals surface area contributed by atoms with Crippen molar-refractivity contribution in [2.45, 2.75) is 66.3 Å². The molecule has 0 radical (unpaired) electrons. The van der Waals surface area contributed by atoms with Gasteiger partial charge >= 0.3 is 0 Å². The summed E-state index contributed by atoms with van der Waals surface area (Å²) in [4.78, 5) is 29.0. The summed E-state index contributed by atoms with van der Waals surface area (Å²) in [5.74, 6) is 1.32. The van der Waals surface area contributed by atoms with Gasteiger partial charge in [-0.05, 0) is 48.4 Å². The van der Waals surface area contributed by atoms with E-state index in [4.69, 9.17) is 16.6 Å². The summed E-state index contributed by atoms with van der Waals surface area (Å²) in [6, 6.07) is 9.55. The summed E-state index contributed by atoms with van der Waals surface area (Å²) >= 11 is 6.61. The Labute approximate surface area is 229 Å². The van der Waals surface area contributed by atoms with E-state index in [1.807, 2.05) is 18.2 Å². The molecule has 2 unspecified atom stereocenters. The van der Waals surface area contributed by atoms with Crippen molar-refractivity contribution in [1.82, 2.24) is 4.90 Å². The Morgan fingerprint density at radius 2 is 1.78 bits per heavy atom. The molecule has 2 saturated heterocycles. The van der Waals surface area contributed by atoms with Crippen LogP contribution < -0.4 is 10.3 Å². The van der Waals surface area contributed by atoms with Crippen LogP contribution in [0.15, 0.2) is 50.7 Å². The predicted molar refractivity (Wildman–Crippen MR) is 157 cm³/mol. The maximum absolute atomic E-state index is 12.9. The van der Waals surface area contributed by atoms with E-state index in [1.54, 1.807) is 0 Å². The Bertz CT molecular complexity index is 1180. The quantitative estimate of drug-likeness (QED) is 0.336. The number of hydrogen-bond acceptors (Lipinski definition) is 7. The first kappa shape index (κ1) is 29.0. The number of thiocarbonyl (C=S) groups is 1.